The van der Waals surface area contributed by atoms with Crippen molar-refractivity contribution in [1.29, 1.82) is 0 Å². The number of rotatable bonds is 1. The highest BCUT2D eigenvalue weighted by Crippen LogP contribution is 2.18. The zero-order valence-electron chi connectivity index (χ0n) is 6.46. The Morgan fingerprint density at radius 2 is 2.23 bits per heavy atom. The predicted octanol–water partition coefficient (Wildman–Crippen LogP) is 2.26. The van der Waals surface area contributed by atoms with E-state index in [0.29, 0.717) is 5.82 Å². The average Bonchev–Trinajstić information content (AvgIpc) is 2.61. The highest BCUT2D eigenvalue weighted by atomic mass is 35.5. The van der Waals surface area contributed by atoms with Gasteiger partial charge in [-0.2, -0.15) is 0 Å². The van der Waals surface area contributed by atoms with Crippen LogP contribution in [0, 0.1) is 5.82 Å². The zero-order valence-corrected chi connectivity index (χ0v) is 7.22. The summed E-state index contributed by atoms with van der Waals surface area (Å²) in [5.41, 5.74) is 0.137. The zero-order chi connectivity index (χ0) is 9.26. The molecule has 0 amide bonds. The van der Waals surface area contributed by atoms with E-state index in [0.717, 1.165) is 0 Å². The maximum atomic E-state index is 13.2. The van der Waals surface area contributed by atoms with E-state index in [1.807, 2.05) is 0 Å². The van der Waals surface area contributed by atoms with Gasteiger partial charge in [0.2, 0.25) is 0 Å². The van der Waals surface area contributed by atoms with Crippen molar-refractivity contribution in [1.82, 2.24) is 15.0 Å². The number of H-pyrrole nitrogens is 1. The first-order valence-electron chi connectivity index (χ1n) is 3.59. The predicted molar refractivity (Wildman–Crippen MR) is 46.8 cm³/mol. The molecule has 0 bridgehead atoms. The molecular weight excluding hydrogens is 193 g/mol. The smallest absolute Gasteiger partial charge is 0.159 e. The summed E-state index contributed by atoms with van der Waals surface area (Å²) in [5, 5.41) is 0.243. The Kier molecular flexibility index (Phi) is 1.98. The molecule has 0 aromatic carbocycles. The quantitative estimate of drug-likeness (QED) is 0.713. The van der Waals surface area contributed by atoms with Crippen molar-refractivity contribution in [3.63, 3.8) is 0 Å². The summed E-state index contributed by atoms with van der Waals surface area (Å²) in [6.07, 6.45) is 3.12. The molecule has 0 radical (unpaired) electrons. The van der Waals surface area contributed by atoms with Crippen molar-refractivity contribution < 1.29 is 4.39 Å². The normalized spacial score (nSPS) is 10.3. The summed E-state index contributed by atoms with van der Waals surface area (Å²) >= 11 is 5.61. The molecule has 0 unspecified atom stereocenters. The van der Waals surface area contributed by atoms with Gasteiger partial charge in [-0.05, 0) is 12.1 Å². The summed E-state index contributed by atoms with van der Waals surface area (Å²) in [6.45, 7) is 0. The van der Waals surface area contributed by atoms with Crippen molar-refractivity contribution in [2.24, 2.45) is 0 Å². The fourth-order valence-corrected chi connectivity index (χ4v) is 1.13. The van der Waals surface area contributed by atoms with Gasteiger partial charge in [0, 0.05) is 12.4 Å². The third kappa shape index (κ3) is 1.53. The Balaban J connectivity index is 2.57. The van der Waals surface area contributed by atoms with Crippen molar-refractivity contribution in [2.75, 3.05) is 0 Å². The van der Waals surface area contributed by atoms with E-state index in [4.69, 9.17) is 11.6 Å². The molecule has 0 saturated carbocycles. The largest absolute Gasteiger partial charge is 0.343 e. The highest BCUT2D eigenvalue weighted by molar-refractivity contribution is 6.29. The Morgan fingerprint density at radius 3 is 2.92 bits per heavy atom. The Bertz CT molecular complexity index is 413. The van der Waals surface area contributed by atoms with Gasteiger partial charge in [0.25, 0.3) is 0 Å². The molecule has 66 valence electrons. The van der Waals surface area contributed by atoms with E-state index in [1.54, 1.807) is 6.20 Å². The van der Waals surface area contributed by atoms with Crippen molar-refractivity contribution in [3.8, 4) is 11.5 Å². The number of aromatic nitrogens is 3. The lowest BCUT2D eigenvalue weighted by atomic mass is 10.3. The number of pyridine rings is 1. The molecule has 0 spiro atoms. The highest BCUT2D eigenvalue weighted by Gasteiger charge is 2.08. The van der Waals surface area contributed by atoms with Crippen molar-refractivity contribution in [2.45, 2.75) is 0 Å². The molecule has 2 heterocycles. The van der Waals surface area contributed by atoms with Crippen LogP contribution in [0.2, 0.25) is 5.15 Å². The standard InChI is InChI=1S/C8H5ClFN3/c9-6-2-1-5(10)7(13-6)8-11-3-4-12-8/h1-4H,(H,11,12). The van der Waals surface area contributed by atoms with Crippen LogP contribution in [0.1, 0.15) is 0 Å². The number of hydrogen-bond acceptors (Lipinski definition) is 2. The van der Waals surface area contributed by atoms with E-state index in [2.05, 4.69) is 15.0 Å². The van der Waals surface area contributed by atoms with Gasteiger partial charge in [0.05, 0.1) is 0 Å². The summed E-state index contributed by atoms with van der Waals surface area (Å²) in [7, 11) is 0. The van der Waals surface area contributed by atoms with Gasteiger partial charge < -0.3 is 4.98 Å². The molecule has 0 aliphatic heterocycles. The molecule has 1 N–H and O–H groups in total. The second kappa shape index (κ2) is 3.14. The number of hydrogen-bond donors (Lipinski definition) is 1. The fourth-order valence-electron chi connectivity index (χ4n) is 0.979. The van der Waals surface area contributed by atoms with Crippen LogP contribution in [-0.2, 0) is 0 Å². The molecule has 0 aliphatic rings. The van der Waals surface area contributed by atoms with Gasteiger partial charge in [0.15, 0.2) is 11.6 Å². The second-order valence-corrected chi connectivity index (χ2v) is 2.79. The lowest BCUT2D eigenvalue weighted by Gasteiger charge is -1.97. The number of nitrogens with one attached hydrogen (secondary N) is 1. The lowest BCUT2D eigenvalue weighted by Crippen LogP contribution is -1.90. The maximum Gasteiger partial charge on any atom is 0.159 e. The van der Waals surface area contributed by atoms with Crippen LogP contribution in [0.3, 0.4) is 0 Å². The minimum atomic E-state index is -0.445. The molecule has 2 aromatic rings. The molecule has 3 nitrogen and oxygen atoms in total. The minimum absolute atomic E-state index is 0.137. The van der Waals surface area contributed by atoms with Crippen LogP contribution >= 0.6 is 11.6 Å². The molecular formula is C8H5ClFN3. The Labute approximate surface area is 78.6 Å². The van der Waals surface area contributed by atoms with Crippen LogP contribution in [-0.4, -0.2) is 15.0 Å². The Morgan fingerprint density at radius 1 is 1.38 bits per heavy atom. The van der Waals surface area contributed by atoms with Crippen LogP contribution in [0.5, 0.6) is 0 Å². The first-order chi connectivity index (χ1) is 6.27. The number of halogens is 2. The van der Waals surface area contributed by atoms with Crippen molar-refractivity contribution in [3.05, 3.63) is 35.5 Å². The Hall–Kier alpha value is -1.42. The molecule has 2 aromatic heterocycles. The summed E-state index contributed by atoms with van der Waals surface area (Å²) in [4.78, 5) is 10.4. The summed E-state index contributed by atoms with van der Waals surface area (Å²) in [6, 6.07) is 2.65. The fraction of sp³-hybridized carbons (Fsp3) is 0. The molecule has 0 fully saturated rings. The van der Waals surface area contributed by atoms with Gasteiger partial charge in [-0.15, -0.1) is 0 Å². The molecule has 5 heteroatoms. The molecule has 13 heavy (non-hydrogen) atoms. The topological polar surface area (TPSA) is 41.6 Å². The van der Waals surface area contributed by atoms with E-state index >= 15 is 0 Å². The van der Waals surface area contributed by atoms with Crippen LogP contribution in [0.4, 0.5) is 4.39 Å². The van der Waals surface area contributed by atoms with E-state index in [-0.39, 0.29) is 10.8 Å². The van der Waals surface area contributed by atoms with Crippen LogP contribution in [0.15, 0.2) is 24.5 Å². The van der Waals surface area contributed by atoms with Crippen LogP contribution in [0.25, 0.3) is 11.5 Å². The first kappa shape index (κ1) is 8.19. The summed E-state index contributed by atoms with van der Waals surface area (Å²) in [5.74, 6) is -0.0700. The van der Waals surface area contributed by atoms with E-state index in [9.17, 15) is 4.39 Å². The molecule has 0 saturated heterocycles. The average molecular weight is 198 g/mol. The second-order valence-electron chi connectivity index (χ2n) is 2.40. The van der Waals surface area contributed by atoms with Gasteiger partial charge >= 0.3 is 0 Å². The van der Waals surface area contributed by atoms with Gasteiger partial charge in [0.1, 0.15) is 10.8 Å². The van der Waals surface area contributed by atoms with E-state index in [1.165, 1.54) is 18.3 Å². The van der Waals surface area contributed by atoms with Gasteiger partial charge in [-0.25, -0.2) is 14.4 Å². The monoisotopic (exact) mass is 197 g/mol. The van der Waals surface area contributed by atoms with Gasteiger partial charge in [-0.3, -0.25) is 0 Å². The third-order valence-electron chi connectivity index (χ3n) is 1.53. The van der Waals surface area contributed by atoms with Crippen LogP contribution < -0.4 is 0 Å². The summed E-state index contributed by atoms with van der Waals surface area (Å²) < 4.78 is 13.2. The molecule has 0 aliphatic carbocycles. The molecule has 2 rings (SSSR count). The third-order valence-corrected chi connectivity index (χ3v) is 1.75. The van der Waals surface area contributed by atoms with Gasteiger partial charge in [-0.1, -0.05) is 11.6 Å². The minimum Gasteiger partial charge on any atom is -0.343 e. The lowest BCUT2D eigenvalue weighted by molar-refractivity contribution is 0.624. The molecule has 0 atom stereocenters. The van der Waals surface area contributed by atoms with Crippen molar-refractivity contribution >= 4 is 11.6 Å². The number of aromatic amines is 1. The SMILES string of the molecule is Fc1ccc(Cl)nc1-c1ncc[nH]1. The maximum absolute atomic E-state index is 13.2. The first-order valence-corrected chi connectivity index (χ1v) is 3.97. The number of imidazole rings is 1. The number of nitrogens with zero attached hydrogens (tertiary/aromatic N) is 2. The van der Waals surface area contributed by atoms with E-state index < -0.39 is 5.82 Å².